The predicted octanol–water partition coefficient (Wildman–Crippen LogP) is 2.24. The van der Waals surface area contributed by atoms with Gasteiger partial charge in [0.2, 0.25) is 0 Å². The van der Waals surface area contributed by atoms with Crippen LogP contribution in [0.3, 0.4) is 0 Å². The number of rotatable bonds is 9. The zero-order chi connectivity index (χ0) is 17.0. The van der Waals surface area contributed by atoms with E-state index in [4.69, 9.17) is 4.74 Å². The monoisotopic (exact) mass is 329 g/mol. The molecule has 2 rings (SSSR count). The minimum Gasteiger partial charge on any atom is -0.380 e. The Hall–Kier alpha value is -2.34. The Kier molecular flexibility index (Phi) is 7.83. The maximum absolute atomic E-state index is 5.30. The smallest absolute Gasteiger partial charge is 0.191 e. The standard InChI is InChI=1S/C18H27N5O/c1-3-19-18(22-13-14-24-4-2)21-12-11-20-17-10-9-15-7-5-6-8-16(15)23-17/h5-10H,3-4,11-14H2,1-2H3,(H,20,23)(H2,19,21,22). The summed E-state index contributed by atoms with van der Waals surface area (Å²) in [7, 11) is 0. The van der Waals surface area contributed by atoms with Crippen LogP contribution in [0.5, 0.6) is 0 Å². The molecule has 0 atom stereocenters. The number of aliphatic imine (C=N–C) groups is 1. The van der Waals surface area contributed by atoms with Crippen LogP contribution >= 0.6 is 0 Å². The van der Waals surface area contributed by atoms with E-state index in [-0.39, 0.29) is 0 Å². The molecule has 0 amide bonds. The molecule has 0 spiro atoms. The van der Waals surface area contributed by atoms with Crippen molar-refractivity contribution in [2.24, 2.45) is 4.99 Å². The molecule has 1 heterocycles. The fraction of sp³-hybridized carbons (Fsp3) is 0.444. The van der Waals surface area contributed by atoms with E-state index in [0.29, 0.717) is 13.2 Å². The number of guanidine groups is 1. The van der Waals surface area contributed by atoms with Gasteiger partial charge in [-0.15, -0.1) is 0 Å². The van der Waals surface area contributed by atoms with Gasteiger partial charge in [0.25, 0.3) is 0 Å². The molecule has 130 valence electrons. The molecule has 6 nitrogen and oxygen atoms in total. The third-order valence-corrected chi connectivity index (χ3v) is 3.38. The summed E-state index contributed by atoms with van der Waals surface area (Å²) in [5, 5.41) is 11.0. The third kappa shape index (κ3) is 6.04. The van der Waals surface area contributed by atoms with Gasteiger partial charge in [-0.25, -0.2) is 4.98 Å². The summed E-state index contributed by atoms with van der Waals surface area (Å²) in [6.45, 7) is 8.42. The number of ether oxygens (including phenoxy) is 1. The molecule has 0 aliphatic rings. The number of para-hydroxylation sites is 1. The van der Waals surface area contributed by atoms with Crippen molar-refractivity contribution >= 4 is 22.7 Å². The van der Waals surface area contributed by atoms with Crippen LogP contribution in [0, 0.1) is 0 Å². The number of anilines is 1. The highest BCUT2D eigenvalue weighted by atomic mass is 16.5. The summed E-state index contributed by atoms with van der Waals surface area (Å²) >= 11 is 0. The van der Waals surface area contributed by atoms with Crippen LogP contribution in [0.2, 0.25) is 0 Å². The molecule has 0 saturated carbocycles. The van der Waals surface area contributed by atoms with Crippen molar-refractivity contribution in [2.75, 3.05) is 44.7 Å². The van der Waals surface area contributed by atoms with E-state index >= 15 is 0 Å². The number of hydrogen-bond acceptors (Lipinski definition) is 4. The third-order valence-electron chi connectivity index (χ3n) is 3.38. The second kappa shape index (κ2) is 10.4. The Balaban J connectivity index is 1.76. The summed E-state index contributed by atoms with van der Waals surface area (Å²) in [6, 6.07) is 12.2. The highest BCUT2D eigenvalue weighted by Gasteiger charge is 1.99. The largest absolute Gasteiger partial charge is 0.380 e. The lowest BCUT2D eigenvalue weighted by molar-refractivity contribution is 0.155. The number of aromatic nitrogens is 1. The van der Waals surface area contributed by atoms with E-state index < -0.39 is 0 Å². The molecule has 3 N–H and O–H groups in total. The van der Waals surface area contributed by atoms with Gasteiger partial charge in [0.15, 0.2) is 5.96 Å². The van der Waals surface area contributed by atoms with Gasteiger partial charge in [-0.3, -0.25) is 4.99 Å². The molecule has 0 saturated heterocycles. The molecule has 6 heteroatoms. The number of fused-ring (bicyclic) bond motifs is 1. The Morgan fingerprint density at radius 3 is 2.79 bits per heavy atom. The van der Waals surface area contributed by atoms with Crippen LogP contribution in [0.15, 0.2) is 41.4 Å². The molecule has 0 aliphatic carbocycles. The SMILES string of the molecule is CCNC(=NCCOCC)NCCNc1ccc2ccccc2n1. The number of hydrogen-bond donors (Lipinski definition) is 3. The van der Waals surface area contributed by atoms with Gasteiger partial charge in [0.1, 0.15) is 5.82 Å². The number of nitrogens with one attached hydrogen (secondary N) is 3. The summed E-state index contributed by atoms with van der Waals surface area (Å²) in [4.78, 5) is 9.06. The van der Waals surface area contributed by atoms with E-state index in [2.05, 4.69) is 45.0 Å². The molecule has 0 aliphatic heterocycles. The van der Waals surface area contributed by atoms with Crippen molar-refractivity contribution in [3.05, 3.63) is 36.4 Å². The first-order valence-corrected chi connectivity index (χ1v) is 8.53. The van der Waals surface area contributed by atoms with Crippen LogP contribution in [0.4, 0.5) is 5.82 Å². The molecule has 1 aromatic carbocycles. The average Bonchev–Trinajstić information content (AvgIpc) is 2.62. The Bertz CT molecular complexity index is 644. The number of benzene rings is 1. The van der Waals surface area contributed by atoms with Gasteiger partial charge < -0.3 is 20.7 Å². The first-order valence-electron chi connectivity index (χ1n) is 8.53. The summed E-state index contributed by atoms with van der Waals surface area (Å²) in [5.74, 6) is 1.69. The maximum atomic E-state index is 5.30. The van der Waals surface area contributed by atoms with Gasteiger partial charge in [0, 0.05) is 31.6 Å². The number of nitrogens with zero attached hydrogens (tertiary/aromatic N) is 2. The predicted molar refractivity (Wildman–Crippen MR) is 101 cm³/mol. The Morgan fingerprint density at radius 1 is 1.08 bits per heavy atom. The van der Waals surface area contributed by atoms with Gasteiger partial charge in [-0.05, 0) is 32.0 Å². The highest BCUT2D eigenvalue weighted by molar-refractivity contribution is 5.80. The summed E-state index contributed by atoms with van der Waals surface area (Å²) in [5.41, 5.74) is 1.00. The zero-order valence-corrected chi connectivity index (χ0v) is 14.5. The van der Waals surface area contributed by atoms with Gasteiger partial charge in [-0.1, -0.05) is 18.2 Å². The lowest BCUT2D eigenvalue weighted by Gasteiger charge is -2.12. The molecule has 0 bridgehead atoms. The van der Waals surface area contributed by atoms with E-state index in [9.17, 15) is 0 Å². The quantitative estimate of drug-likeness (QED) is 0.374. The molecule has 0 unspecified atom stereocenters. The second-order valence-electron chi connectivity index (χ2n) is 5.20. The lowest BCUT2D eigenvalue weighted by atomic mass is 10.2. The highest BCUT2D eigenvalue weighted by Crippen LogP contribution is 2.13. The summed E-state index contributed by atoms with van der Waals surface area (Å²) in [6.07, 6.45) is 0. The van der Waals surface area contributed by atoms with Crippen LogP contribution in [0.1, 0.15) is 13.8 Å². The normalized spacial score (nSPS) is 11.5. The molecule has 2 aromatic rings. The fourth-order valence-corrected chi connectivity index (χ4v) is 2.24. The van der Waals surface area contributed by atoms with Crippen LogP contribution in [-0.4, -0.2) is 50.3 Å². The van der Waals surface area contributed by atoms with Crippen LogP contribution in [-0.2, 0) is 4.74 Å². The van der Waals surface area contributed by atoms with E-state index in [0.717, 1.165) is 48.9 Å². The van der Waals surface area contributed by atoms with Crippen molar-refractivity contribution in [1.29, 1.82) is 0 Å². The second-order valence-corrected chi connectivity index (χ2v) is 5.20. The van der Waals surface area contributed by atoms with Crippen LogP contribution < -0.4 is 16.0 Å². The maximum Gasteiger partial charge on any atom is 0.191 e. The van der Waals surface area contributed by atoms with Crippen molar-refractivity contribution in [3.8, 4) is 0 Å². The van der Waals surface area contributed by atoms with Crippen LogP contribution in [0.25, 0.3) is 10.9 Å². The van der Waals surface area contributed by atoms with E-state index in [1.807, 2.05) is 31.2 Å². The van der Waals surface area contributed by atoms with Gasteiger partial charge >= 0.3 is 0 Å². The molecular formula is C18H27N5O. The van der Waals surface area contributed by atoms with Crippen molar-refractivity contribution in [3.63, 3.8) is 0 Å². The van der Waals surface area contributed by atoms with E-state index in [1.54, 1.807) is 0 Å². The fourth-order valence-electron chi connectivity index (χ4n) is 2.24. The molecule has 0 fully saturated rings. The summed E-state index contributed by atoms with van der Waals surface area (Å²) < 4.78 is 5.30. The van der Waals surface area contributed by atoms with Gasteiger partial charge in [0.05, 0.1) is 18.7 Å². The molecule has 24 heavy (non-hydrogen) atoms. The molecular weight excluding hydrogens is 302 g/mol. The Labute approximate surface area is 143 Å². The zero-order valence-electron chi connectivity index (χ0n) is 14.5. The lowest BCUT2D eigenvalue weighted by Crippen LogP contribution is -2.39. The minimum absolute atomic E-state index is 0.645. The van der Waals surface area contributed by atoms with Crippen molar-refractivity contribution in [2.45, 2.75) is 13.8 Å². The van der Waals surface area contributed by atoms with Gasteiger partial charge in [-0.2, -0.15) is 0 Å². The topological polar surface area (TPSA) is 70.6 Å². The molecule has 1 aromatic heterocycles. The Morgan fingerprint density at radius 2 is 1.96 bits per heavy atom. The van der Waals surface area contributed by atoms with Crippen molar-refractivity contribution < 1.29 is 4.74 Å². The van der Waals surface area contributed by atoms with E-state index in [1.165, 1.54) is 0 Å². The minimum atomic E-state index is 0.645. The first kappa shape index (κ1) is 18.0. The first-order chi connectivity index (χ1) is 11.8. The average molecular weight is 329 g/mol. The number of pyridine rings is 1. The van der Waals surface area contributed by atoms with Crippen molar-refractivity contribution in [1.82, 2.24) is 15.6 Å². The molecule has 0 radical (unpaired) electrons.